The van der Waals surface area contributed by atoms with Gasteiger partial charge in [0.05, 0.1) is 18.8 Å². The first-order valence-electron chi connectivity index (χ1n) is 12.0. The largest absolute Gasteiger partial charge is 0.329 e. The Morgan fingerprint density at radius 2 is 1.44 bits per heavy atom. The third-order valence-electron chi connectivity index (χ3n) is 6.36. The molecule has 0 aliphatic heterocycles. The van der Waals surface area contributed by atoms with Crippen molar-refractivity contribution in [1.29, 1.82) is 0 Å². The number of halogens is 1. The van der Waals surface area contributed by atoms with E-state index in [2.05, 4.69) is 20.6 Å². The van der Waals surface area contributed by atoms with Gasteiger partial charge in [-0.15, -0.1) is 10.2 Å². The van der Waals surface area contributed by atoms with Gasteiger partial charge in [-0.3, -0.25) is 9.13 Å². The second kappa shape index (κ2) is 10.5. The molecule has 5 rings (SSSR count). The molecule has 0 bridgehead atoms. The molecule has 0 spiro atoms. The Balaban J connectivity index is 1.47. The van der Waals surface area contributed by atoms with Crippen LogP contribution in [0.4, 0.5) is 4.39 Å². The van der Waals surface area contributed by atoms with Gasteiger partial charge in [-0.05, 0) is 33.9 Å². The predicted molar refractivity (Wildman–Crippen MR) is 137 cm³/mol. The van der Waals surface area contributed by atoms with Crippen LogP contribution in [0.15, 0.2) is 83.7 Å². The summed E-state index contributed by atoms with van der Waals surface area (Å²) in [6.07, 6.45) is 1.47. The highest BCUT2D eigenvalue weighted by Crippen LogP contribution is 2.30. The Hall–Kier alpha value is -4.33. The van der Waals surface area contributed by atoms with E-state index in [4.69, 9.17) is 0 Å². The molecule has 0 fully saturated rings. The van der Waals surface area contributed by atoms with Crippen molar-refractivity contribution in [2.45, 2.75) is 39.5 Å². The molecule has 0 radical (unpaired) electrons. The van der Waals surface area contributed by atoms with Gasteiger partial charge >= 0.3 is 5.69 Å². The highest BCUT2D eigenvalue weighted by molar-refractivity contribution is 5.80. The Morgan fingerprint density at radius 1 is 0.806 bits per heavy atom. The van der Waals surface area contributed by atoms with Crippen LogP contribution in [0, 0.1) is 0 Å². The lowest BCUT2D eigenvalue weighted by molar-refractivity contribution is 0.456. The summed E-state index contributed by atoms with van der Waals surface area (Å²) in [6, 6.07) is 25.6. The van der Waals surface area contributed by atoms with Gasteiger partial charge in [-0.2, -0.15) is 5.21 Å². The maximum absolute atomic E-state index is 14.2. The molecule has 7 nitrogen and oxygen atoms in total. The number of aromatic amines is 1. The second-order valence-corrected chi connectivity index (χ2v) is 8.70. The van der Waals surface area contributed by atoms with Gasteiger partial charge in [0.1, 0.15) is 6.67 Å². The van der Waals surface area contributed by atoms with E-state index in [9.17, 15) is 9.18 Å². The van der Waals surface area contributed by atoms with Gasteiger partial charge in [0.25, 0.3) is 0 Å². The summed E-state index contributed by atoms with van der Waals surface area (Å²) in [5.74, 6) is 0.531. The van der Waals surface area contributed by atoms with Crippen molar-refractivity contribution < 1.29 is 4.39 Å². The van der Waals surface area contributed by atoms with Gasteiger partial charge in [-0.25, -0.2) is 9.18 Å². The maximum atomic E-state index is 14.2. The number of benzene rings is 3. The number of nitrogens with one attached hydrogen (secondary N) is 1. The molecule has 0 saturated carbocycles. The number of aromatic nitrogens is 6. The summed E-state index contributed by atoms with van der Waals surface area (Å²) in [6.45, 7) is 2.11. The smallest absolute Gasteiger partial charge is 0.292 e. The van der Waals surface area contributed by atoms with Gasteiger partial charge in [-0.1, -0.05) is 92.2 Å². The summed E-state index contributed by atoms with van der Waals surface area (Å²) in [5.41, 5.74) is 5.88. The summed E-state index contributed by atoms with van der Waals surface area (Å²) < 4.78 is 17.5. The van der Waals surface area contributed by atoms with Gasteiger partial charge in [0.15, 0.2) is 0 Å². The molecule has 0 aliphatic carbocycles. The van der Waals surface area contributed by atoms with Gasteiger partial charge < -0.3 is 0 Å². The van der Waals surface area contributed by atoms with E-state index in [-0.39, 0.29) is 5.69 Å². The minimum atomic E-state index is -0.670. The molecule has 0 unspecified atom stereocenters. The number of H-pyrrole nitrogens is 1. The number of tetrazole rings is 1. The highest BCUT2D eigenvalue weighted by Gasteiger charge is 2.20. The van der Waals surface area contributed by atoms with Crippen molar-refractivity contribution in [1.82, 2.24) is 29.8 Å². The summed E-state index contributed by atoms with van der Waals surface area (Å²) in [4.78, 5) is 13.5. The van der Waals surface area contributed by atoms with E-state index in [0.29, 0.717) is 31.0 Å². The quantitative estimate of drug-likeness (QED) is 0.320. The van der Waals surface area contributed by atoms with Crippen LogP contribution in [0.5, 0.6) is 0 Å². The molecular weight excluding hydrogens is 455 g/mol. The molecule has 0 atom stereocenters. The van der Waals surface area contributed by atoms with E-state index in [1.165, 1.54) is 0 Å². The van der Waals surface area contributed by atoms with Crippen molar-refractivity contribution in [3.8, 4) is 22.5 Å². The fourth-order valence-corrected chi connectivity index (χ4v) is 4.62. The Labute approximate surface area is 208 Å². The molecule has 2 aromatic heterocycles. The average Bonchev–Trinajstić information content (AvgIpc) is 3.54. The molecule has 1 N–H and O–H groups in total. The number of rotatable bonds is 9. The number of nitrogens with zero attached hydrogens (tertiary/aromatic N) is 5. The van der Waals surface area contributed by atoms with E-state index in [0.717, 1.165) is 39.9 Å². The van der Waals surface area contributed by atoms with E-state index in [1.54, 1.807) is 9.13 Å². The molecule has 182 valence electrons. The third-order valence-corrected chi connectivity index (χ3v) is 6.36. The molecule has 0 aliphatic rings. The molecular formula is C28H27FN6O. The van der Waals surface area contributed by atoms with Crippen molar-refractivity contribution in [2.75, 3.05) is 0 Å². The number of hydrogen-bond acceptors (Lipinski definition) is 4. The summed E-state index contributed by atoms with van der Waals surface area (Å²) in [7, 11) is 0. The minimum Gasteiger partial charge on any atom is -0.292 e. The fraction of sp³-hybridized carbons (Fsp3) is 0.214. The molecule has 5 aromatic rings. The van der Waals surface area contributed by atoms with Gasteiger partial charge in [0.2, 0.25) is 5.82 Å². The van der Waals surface area contributed by atoms with Crippen LogP contribution in [-0.4, -0.2) is 29.8 Å². The predicted octanol–water partition coefficient (Wildman–Crippen LogP) is 5.02. The lowest BCUT2D eigenvalue weighted by atomic mass is 9.98. The molecule has 0 amide bonds. The first-order valence-corrected chi connectivity index (χ1v) is 12.0. The normalized spacial score (nSPS) is 11.2. The number of imidazole rings is 1. The molecule has 2 heterocycles. The molecule has 36 heavy (non-hydrogen) atoms. The van der Waals surface area contributed by atoms with Crippen LogP contribution in [0.2, 0.25) is 0 Å². The van der Waals surface area contributed by atoms with Crippen molar-refractivity contribution in [3.05, 3.63) is 112 Å². The first-order chi connectivity index (χ1) is 17.7. The molecule has 8 heteroatoms. The van der Waals surface area contributed by atoms with Crippen LogP contribution in [0.25, 0.3) is 22.5 Å². The molecule has 0 saturated heterocycles. The number of alkyl halides is 1. The van der Waals surface area contributed by atoms with Crippen molar-refractivity contribution in [2.24, 2.45) is 0 Å². The highest BCUT2D eigenvalue weighted by atomic mass is 19.1. The van der Waals surface area contributed by atoms with Crippen LogP contribution < -0.4 is 5.69 Å². The zero-order valence-corrected chi connectivity index (χ0v) is 20.1. The Kier molecular flexibility index (Phi) is 6.84. The molecule has 3 aromatic carbocycles. The zero-order chi connectivity index (χ0) is 24.9. The van der Waals surface area contributed by atoms with E-state index in [1.807, 2.05) is 85.8 Å². The van der Waals surface area contributed by atoms with Crippen LogP contribution in [0.1, 0.15) is 35.9 Å². The lowest BCUT2D eigenvalue weighted by Crippen LogP contribution is -2.26. The summed E-state index contributed by atoms with van der Waals surface area (Å²) in [5, 5.41) is 14.4. The van der Waals surface area contributed by atoms with E-state index < -0.39 is 6.67 Å². The van der Waals surface area contributed by atoms with Crippen molar-refractivity contribution in [3.63, 3.8) is 0 Å². The van der Waals surface area contributed by atoms with Crippen molar-refractivity contribution >= 4 is 0 Å². The standard InChI is InChI=1S/C28H27FN6O/c1-2-8-25-26(17-29)35(18-20-9-4-3-5-10-20)28(36)34(25)19-21-13-15-22(16-14-21)23-11-6-7-12-24(23)27-30-32-33-31-27/h3-7,9-16H,2,8,17-19H2,1H3,(H,30,31,32,33). The van der Waals surface area contributed by atoms with E-state index >= 15 is 0 Å². The monoisotopic (exact) mass is 482 g/mol. The SMILES string of the molecule is CCCc1c(CF)n(Cc2ccccc2)c(=O)n1Cc1ccc(-c2ccccc2-c2nn[nH]n2)cc1. The fourth-order valence-electron chi connectivity index (χ4n) is 4.62. The number of hydrogen-bond donors (Lipinski definition) is 1. The van der Waals surface area contributed by atoms with Gasteiger partial charge in [0, 0.05) is 11.3 Å². The Bertz CT molecular complexity index is 1490. The second-order valence-electron chi connectivity index (χ2n) is 8.70. The summed E-state index contributed by atoms with van der Waals surface area (Å²) >= 11 is 0. The Morgan fingerprint density at radius 3 is 2.08 bits per heavy atom. The zero-order valence-electron chi connectivity index (χ0n) is 20.1. The first kappa shape index (κ1) is 23.4. The maximum Gasteiger partial charge on any atom is 0.329 e. The minimum absolute atomic E-state index is 0.179. The topological polar surface area (TPSA) is 81.4 Å². The van der Waals surface area contributed by atoms with Crippen LogP contribution in [-0.2, 0) is 26.2 Å². The average molecular weight is 483 g/mol. The lowest BCUT2D eigenvalue weighted by Gasteiger charge is -2.10. The van der Waals surface area contributed by atoms with Crippen LogP contribution >= 0.6 is 0 Å². The third kappa shape index (κ3) is 4.62. The van der Waals surface area contributed by atoms with Crippen LogP contribution in [0.3, 0.4) is 0 Å².